The summed E-state index contributed by atoms with van der Waals surface area (Å²) in [6.07, 6.45) is 0. The quantitative estimate of drug-likeness (QED) is 0.592. The first-order valence-corrected chi connectivity index (χ1v) is 8.65. The predicted octanol–water partition coefficient (Wildman–Crippen LogP) is 0.780. The Bertz CT molecular complexity index is 691. The van der Waals surface area contributed by atoms with Crippen molar-refractivity contribution in [3.8, 4) is 0 Å². The fourth-order valence-corrected chi connectivity index (χ4v) is 3.08. The van der Waals surface area contributed by atoms with Crippen LogP contribution in [-0.4, -0.2) is 85.5 Å². The zero-order valence-electron chi connectivity index (χ0n) is 16.0. The van der Waals surface area contributed by atoms with Crippen molar-refractivity contribution in [1.29, 1.82) is 0 Å². The van der Waals surface area contributed by atoms with Crippen LogP contribution in [0.3, 0.4) is 0 Å². The molecule has 1 fully saturated rings. The molecule has 1 amide bonds. The van der Waals surface area contributed by atoms with Gasteiger partial charge in [-0.15, -0.1) is 0 Å². The number of esters is 1. The van der Waals surface area contributed by atoms with Gasteiger partial charge in [-0.3, -0.25) is 14.5 Å². The number of nitrogens with zero attached hydrogens (tertiary/aromatic N) is 2. The molecule has 26 heavy (non-hydrogen) atoms. The van der Waals surface area contributed by atoms with Crippen molar-refractivity contribution >= 4 is 17.7 Å². The van der Waals surface area contributed by atoms with Crippen LogP contribution in [0.25, 0.3) is 0 Å². The van der Waals surface area contributed by atoms with Gasteiger partial charge >= 0.3 is 5.97 Å². The summed E-state index contributed by atoms with van der Waals surface area (Å²) in [5.41, 5.74) is 1.92. The molecule has 1 atom stereocenters. The molecule has 0 unspecified atom stereocenters. The molecule has 1 aromatic rings. The molecule has 8 heteroatoms. The van der Waals surface area contributed by atoms with Crippen LogP contribution < -0.4 is 0 Å². The van der Waals surface area contributed by atoms with E-state index < -0.39 is 12.0 Å². The number of aromatic amines is 1. The Morgan fingerprint density at radius 2 is 1.88 bits per heavy atom. The summed E-state index contributed by atoms with van der Waals surface area (Å²) in [4.78, 5) is 43.6. The second kappa shape index (κ2) is 8.46. The number of aromatic nitrogens is 1. The molecule has 0 aliphatic carbocycles. The van der Waals surface area contributed by atoms with Crippen molar-refractivity contribution < 1.29 is 23.9 Å². The molecule has 1 N–H and O–H groups in total. The highest BCUT2D eigenvalue weighted by Crippen LogP contribution is 2.21. The summed E-state index contributed by atoms with van der Waals surface area (Å²) in [7, 11) is 3.05. The summed E-state index contributed by atoms with van der Waals surface area (Å²) >= 11 is 0. The van der Waals surface area contributed by atoms with Crippen LogP contribution in [0.4, 0.5) is 0 Å². The first-order valence-electron chi connectivity index (χ1n) is 8.65. The fourth-order valence-electron chi connectivity index (χ4n) is 3.08. The lowest BCUT2D eigenvalue weighted by Crippen LogP contribution is -2.48. The highest BCUT2D eigenvalue weighted by Gasteiger charge is 2.29. The first kappa shape index (κ1) is 20.1. The second-order valence-electron chi connectivity index (χ2n) is 6.57. The van der Waals surface area contributed by atoms with Gasteiger partial charge in [0.25, 0.3) is 0 Å². The molecule has 0 bridgehead atoms. The van der Waals surface area contributed by atoms with E-state index in [1.807, 2.05) is 0 Å². The number of nitrogens with one attached hydrogen (secondary N) is 1. The minimum absolute atomic E-state index is 0.0231. The number of hydrogen-bond acceptors (Lipinski definition) is 6. The normalized spacial score (nSPS) is 15.8. The second-order valence-corrected chi connectivity index (χ2v) is 6.57. The largest absolute Gasteiger partial charge is 0.465 e. The molecule has 1 saturated heterocycles. The molecule has 1 aliphatic heterocycles. The van der Waals surface area contributed by atoms with E-state index in [1.165, 1.54) is 7.11 Å². The molecule has 2 rings (SSSR count). The van der Waals surface area contributed by atoms with E-state index in [1.54, 1.807) is 37.6 Å². The molecule has 0 saturated carbocycles. The monoisotopic (exact) mass is 365 g/mol. The standard InChI is InChI=1S/C18H27N3O5/c1-11-15(18(24)25-5)12(2)19-16(11)17(23)13(3)20(4)10-14(22)21-6-8-26-9-7-21/h13,19H,6-10H2,1-5H3/t13-/m0/s1. The highest BCUT2D eigenvalue weighted by atomic mass is 16.5. The van der Waals surface area contributed by atoms with Crippen LogP contribution in [0.1, 0.15) is 39.0 Å². The highest BCUT2D eigenvalue weighted by molar-refractivity contribution is 6.03. The lowest BCUT2D eigenvalue weighted by molar-refractivity contribution is -0.136. The van der Waals surface area contributed by atoms with E-state index in [2.05, 4.69) is 4.98 Å². The van der Waals surface area contributed by atoms with Crippen LogP contribution in [0.15, 0.2) is 0 Å². The number of ketones is 1. The van der Waals surface area contributed by atoms with Gasteiger partial charge in [-0.1, -0.05) is 0 Å². The number of carbonyl (C=O) groups excluding carboxylic acids is 3. The molecular weight excluding hydrogens is 338 g/mol. The van der Waals surface area contributed by atoms with Crippen LogP contribution in [0.5, 0.6) is 0 Å². The van der Waals surface area contributed by atoms with Gasteiger partial charge in [-0.05, 0) is 33.4 Å². The third-order valence-electron chi connectivity index (χ3n) is 4.86. The Kier molecular flexibility index (Phi) is 6.55. The van der Waals surface area contributed by atoms with Crippen LogP contribution in [-0.2, 0) is 14.3 Å². The molecule has 1 aliphatic rings. The van der Waals surface area contributed by atoms with E-state index in [9.17, 15) is 14.4 Å². The maximum atomic E-state index is 12.9. The third kappa shape index (κ3) is 4.13. The van der Waals surface area contributed by atoms with Crippen LogP contribution in [0.2, 0.25) is 0 Å². The number of aryl methyl sites for hydroxylation is 1. The van der Waals surface area contributed by atoms with Crippen LogP contribution in [0, 0.1) is 13.8 Å². The molecule has 1 aromatic heterocycles. The Morgan fingerprint density at radius 1 is 1.27 bits per heavy atom. The van der Waals surface area contributed by atoms with Gasteiger partial charge in [-0.25, -0.2) is 4.79 Å². The molecule has 0 spiro atoms. The van der Waals surface area contributed by atoms with Crippen molar-refractivity contribution in [3.63, 3.8) is 0 Å². The number of likely N-dealkylation sites (N-methyl/N-ethyl adjacent to an activating group) is 1. The summed E-state index contributed by atoms with van der Waals surface area (Å²) in [5.74, 6) is -0.665. The average Bonchev–Trinajstić information content (AvgIpc) is 2.94. The summed E-state index contributed by atoms with van der Waals surface area (Å²) < 4.78 is 10.0. The number of carbonyl (C=O) groups is 3. The Balaban J connectivity index is 2.09. The topological polar surface area (TPSA) is 91.9 Å². The first-order chi connectivity index (χ1) is 12.3. The minimum Gasteiger partial charge on any atom is -0.465 e. The molecule has 8 nitrogen and oxygen atoms in total. The van der Waals surface area contributed by atoms with Gasteiger partial charge in [-0.2, -0.15) is 0 Å². The van der Waals surface area contributed by atoms with Crippen molar-refractivity contribution in [1.82, 2.24) is 14.8 Å². The summed E-state index contributed by atoms with van der Waals surface area (Å²) in [5, 5.41) is 0. The number of methoxy groups -OCH3 is 1. The SMILES string of the molecule is COC(=O)c1c(C)[nH]c(C(=O)[C@H](C)N(C)CC(=O)N2CCOCC2)c1C. The minimum atomic E-state index is -0.512. The van der Waals surface area contributed by atoms with E-state index in [0.717, 1.165) is 0 Å². The maximum absolute atomic E-state index is 12.9. The van der Waals surface area contributed by atoms with E-state index in [-0.39, 0.29) is 18.2 Å². The zero-order chi connectivity index (χ0) is 19.4. The number of ether oxygens (including phenoxy) is 2. The molecular formula is C18H27N3O5. The summed E-state index contributed by atoms with van der Waals surface area (Å²) in [6.45, 7) is 7.58. The number of morpholine rings is 1. The molecule has 2 heterocycles. The fraction of sp³-hybridized carbons (Fsp3) is 0.611. The lowest BCUT2D eigenvalue weighted by Gasteiger charge is -2.30. The number of H-pyrrole nitrogens is 1. The van der Waals surface area contributed by atoms with Gasteiger partial charge in [0.2, 0.25) is 5.91 Å². The Hall–Kier alpha value is -2.19. The smallest absolute Gasteiger partial charge is 0.339 e. The number of amides is 1. The van der Waals surface area contributed by atoms with Crippen molar-refractivity contribution in [2.24, 2.45) is 0 Å². The van der Waals surface area contributed by atoms with Crippen molar-refractivity contribution in [2.45, 2.75) is 26.8 Å². The van der Waals surface area contributed by atoms with Gasteiger partial charge < -0.3 is 19.4 Å². The van der Waals surface area contributed by atoms with Gasteiger partial charge in [0.1, 0.15) is 0 Å². The molecule has 0 radical (unpaired) electrons. The average molecular weight is 365 g/mol. The predicted molar refractivity (Wildman–Crippen MR) is 95.4 cm³/mol. The number of Topliss-reactive ketones (excluding diaryl/α,β-unsaturated/α-hetero) is 1. The van der Waals surface area contributed by atoms with E-state index in [4.69, 9.17) is 9.47 Å². The summed E-state index contributed by atoms with van der Waals surface area (Å²) in [6, 6.07) is -0.512. The zero-order valence-corrected chi connectivity index (χ0v) is 16.0. The van der Waals surface area contributed by atoms with Crippen molar-refractivity contribution in [2.75, 3.05) is 47.0 Å². The molecule has 144 valence electrons. The van der Waals surface area contributed by atoms with Crippen molar-refractivity contribution in [3.05, 3.63) is 22.5 Å². The van der Waals surface area contributed by atoms with Gasteiger partial charge in [0.15, 0.2) is 5.78 Å². The number of hydrogen-bond donors (Lipinski definition) is 1. The Morgan fingerprint density at radius 3 is 2.46 bits per heavy atom. The van der Waals surface area contributed by atoms with Gasteiger partial charge in [0, 0.05) is 18.8 Å². The molecule has 0 aromatic carbocycles. The van der Waals surface area contributed by atoms with E-state index in [0.29, 0.717) is 48.8 Å². The lowest BCUT2D eigenvalue weighted by atomic mass is 10.0. The third-order valence-corrected chi connectivity index (χ3v) is 4.86. The Labute approximate surface area is 153 Å². The number of rotatable bonds is 6. The van der Waals surface area contributed by atoms with E-state index >= 15 is 0 Å². The van der Waals surface area contributed by atoms with Crippen LogP contribution >= 0.6 is 0 Å². The van der Waals surface area contributed by atoms with Gasteiger partial charge in [0.05, 0.1) is 44.2 Å². The maximum Gasteiger partial charge on any atom is 0.339 e.